The van der Waals surface area contributed by atoms with E-state index in [4.69, 9.17) is 11.6 Å². The van der Waals surface area contributed by atoms with Gasteiger partial charge in [-0.05, 0) is 50.1 Å². The van der Waals surface area contributed by atoms with Gasteiger partial charge in [-0.1, -0.05) is 32.4 Å². The van der Waals surface area contributed by atoms with Crippen LogP contribution in [0, 0.1) is 5.41 Å². The zero-order valence-corrected chi connectivity index (χ0v) is 18.7. The first-order valence-corrected chi connectivity index (χ1v) is 11.2. The topological polar surface area (TPSA) is 83.9 Å². The van der Waals surface area contributed by atoms with E-state index in [0.717, 1.165) is 49.9 Å². The predicted molar refractivity (Wildman–Crippen MR) is 120 cm³/mol. The van der Waals surface area contributed by atoms with Crippen LogP contribution >= 0.6 is 11.6 Å². The van der Waals surface area contributed by atoms with Crippen molar-refractivity contribution in [3.8, 4) is 11.1 Å². The minimum atomic E-state index is -0.223. The van der Waals surface area contributed by atoms with E-state index in [1.54, 1.807) is 6.20 Å². The van der Waals surface area contributed by atoms with E-state index < -0.39 is 0 Å². The van der Waals surface area contributed by atoms with Crippen LogP contribution in [0.2, 0.25) is 5.02 Å². The van der Waals surface area contributed by atoms with Crippen molar-refractivity contribution in [2.45, 2.75) is 71.5 Å². The molecule has 2 unspecified atom stereocenters. The Morgan fingerprint density at radius 2 is 2.07 bits per heavy atom. The molecule has 2 aromatic rings. The van der Waals surface area contributed by atoms with Crippen molar-refractivity contribution in [2.75, 3.05) is 11.9 Å². The van der Waals surface area contributed by atoms with Gasteiger partial charge in [-0.25, -0.2) is 9.78 Å². The molecule has 162 valence electrons. The van der Waals surface area contributed by atoms with Crippen molar-refractivity contribution in [1.29, 1.82) is 0 Å². The van der Waals surface area contributed by atoms with Gasteiger partial charge in [0.05, 0.1) is 11.2 Å². The van der Waals surface area contributed by atoms with E-state index in [-0.39, 0.29) is 17.5 Å². The highest BCUT2D eigenvalue weighted by Gasteiger charge is 2.32. The lowest BCUT2D eigenvalue weighted by molar-refractivity contribution is 0.239. The van der Waals surface area contributed by atoms with Crippen LogP contribution in [0.5, 0.6) is 0 Å². The summed E-state index contributed by atoms with van der Waals surface area (Å²) >= 11 is 6.46. The Bertz CT molecular complexity index is 922. The maximum Gasteiger partial charge on any atom is 0.320 e. The molecule has 2 amide bonds. The summed E-state index contributed by atoms with van der Waals surface area (Å²) in [6, 6.07) is 2.27. The van der Waals surface area contributed by atoms with E-state index >= 15 is 0 Å². The summed E-state index contributed by atoms with van der Waals surface area (Å²) in [4.78, 5) is 16.9. The van der Waals surface area contributed by atoms with Gasteiger partial charge < -0.3 is 10.6 Å². The predicted octanol–water partition coefficient (Wildman–Crippen LogP) is 4.22. The van der Waals surface area contributed by atoms with Crippen LogP contribution in [0.3, 0.4) is 0 Å². The molecular formula is C22H31ClN6O. The average molecular weight is 431 g/mol. The first kappa shape index (κ1) is 21.1. The minimum absolute atomic E-state index is 0.177. The molecule has 2 aliphatic rings. The zero-order valence-electron chi connectivity index (χ0n) is 18.0. The number of nitrogens with zero attached hydrogens (tertiary/aromatic N) is 3. The molecule has 0 spiro atoms. The molecular weight excluding hydrogens is 400 g/mol. The van der Waals surface area contributed by atoms with Gasteiger partial charge in [0.15, 0.2) is 0 Å². The normalized spacial score (nSPS) is 22.5. The van der Waals surface area contributed by atoms with Gasteiger partial charge in [0, 0.05) is 41.6 Å². The Hall–Kier alpha value is -2.12. The SMILES string of the molecule is CCNC1CCCC(NC(=O)Nc2cc(-c3cnn4c3CC(C)(C)C4)c(Cl)cn2)C1. The number of amides is 2. The van der Waals surface area contributed by atoms with Crippen molar-refractivity contribution >= 4 is 23.4 Å². The number of anilines is 1. The molecule has 0 saturated heterocycles. The maximum absolute atomic E-state index is 12.6. The summed E-state index contributed by atoms with van der Waals surface area (Å²) in [7, 11) is 0. The van der Waals surface area contributed by atoms with Crippen molar-refractivity contribution in [3.05, 3.63) is 29.2 Å². The Balaban J connectivity index is 1.45. The van der Waals surface area contributed by atoms with E-state index in [2.05, 4.69) is 51.5 Å². The van der Waals surface area contributed by atoms with E-state index in [9.17, 15) is 4.79 Å². The van der Waals surface area contributed by atoms with Gasteiger partial charge in [-0.3, -0.25) is 10.00 Å². The second-order valence-electron chi connectivity index (χ2n) is 9.27. The fourth-order valence-electron chi connectivity index (χ4n) is 4.72. The molecule has 2 atom stereocenters. The van der Waals surface area contributed by atoms with Crippen molar-refractivity contribution in [1.82, 2.24) is 25.4 Å². The van der Waals surface area contributed by atoms with Gasteiger partial charge in [0.25, 0.3) is 0 Å². The smallest absolute Gasteiger partial charge is 0.320 e. The van der Waals surface area contributed by atoms with Gasteiger partial charge in [-0.15, -0.1) is 0 Å². The Morgan fingerprint density at radius 3 is 2.87 bits per heavy atom. The molecule has 0 radical (unpaired) electrons. The molecule has 1 fully saturated rings. The number of fused-ring (bicyclic) bond motifs is 1. The third kappa shape index (κ3) is 4.62. The van der Waals surface area contributed by atoms with Crippen LogP contribution in [-0.4, -0.2) is 39.4 Å². The first-order chi connectivity index (χ1) is 14.3. The summed E-state index contributed by atoms with van der Waals surface area (Å²) < 4.78 is 2.05. The summed E-state index contributed by atoms with van der Waals surface area (Å²) in [6.45, 7) is 8.45. The fourth-order valence-corrected chi connectivity index (χ4v) is 4.92. The molecule has 30 heavy (non-hydrogen) atoms. The number of hydrogen-bond acceptors (Lipinski definition) is 4. The van der Waals surface area contributed by atoms with Crippen molar-refractivity contribution < 1.29 is 4.79 Å². The molecule has 8 heteroatoms. The molecule has 1 aliphatic carbocycles. The lowest BCUT2D eigenvalue weighted by atomic mass is 9.89. The number of hydrogen-bond donors (Lipinski definition) is 3. The molecule has 0 bridgehead atoms. The maximum atomic E-state index is 12.6. The quantitative estimate of drug-likeness (QED) is 0.663. The van der Waals surface area contributed by atoms with Crippen LogP contribution in [-0.2, 0) is 13.0 Å². The number of halogens is 1. The molecule has 3 heterocycles. The van der Waals surface area contributed by atoms with Gasteiger partial charge >= 0.3 is 6.03 Å². The largest absolute Gasteiger partial charge is 0.335 e. The monoisotopic (exact) mass is 430 g/mol. The summed E-state index contributed by atoms with van der Waals surface area (Å²) in [5.74, 6) is 0.489. The van der Waals surface area contributed by atoms with Crippen molar-refractivity contribution in [3.63, 3.8) is 0 Å². The van der Waals surface area contributed by atoms with E-state index in [1.807, 2.05) is 12.3 Å². The highest BCUT2D eigenvalue weighted by molar-refractivity contribution is 6.33. The third-order valence-corrected chi connectivity index (χ3v) is 6.36. The zero-order chi connectivity index (χ0) is 21.3. The van der Waals surface area contributed by atoms with E-state index in [0.29, 0.717) is 16.9 Å². The van der Waals surface area contributed by atoms with Crippen LogP contribution in [0.4, 0.5) is 10.6 Å². The Labute approximate surface area is 183 Å². The fraction of sp³-hybridized carbons (Fsp3) is 0.591. The summed E-state index contributed by atoms with van der Waals surface area (Å²) in [6.07, 6.45) is 8.65. The highest BCUT2D eigenvalue weighted by atomic mass is 35.5. The van der Waals surface area contributed by atoms with Gasteiger partial charge in [-0.2, -0.15) is 5.10 Å². The van der Waals surface area contributed by atoms with Gasteiger partial charge in [0.1, 0.15) is 5.82 Å². The van der Waals surface area contributed by atoms with Crippen LogP contribution in [0.1, 0.15) is 52.1 Å². The van der Waals surface area contributed by atoms with Crippen molar-refractivity contribution in [2.24, 2.45) is 5.41 Å². The second kappa shape index (κ2) is 8.55. The molecule has 0 aromatic carbocycles. The lowest BCUT2D eigenvalue weighted by Crippen LogP contribution is -2.45. The minimum Gasteiger partial charge on any atom is -0.335 e. The average Bonchev–Trinajstić information content (AvgIpc) is 3.19. The van der Waals surface area contributed by atoms with Gasteiger partial charge in [0.2, 0.25) is 0 Å². The highest BCUT2D eigenvalue weighted by Crippen LogP contribution is 2.39. The number of urea groups is 1. The summed E-state index contributed by atoms with van der Waals surface area (Å²) in [5.41, 5.74) is 3.23. The number of nitrogens with one attached hydrogen (secondary N) is 3. The number of carbonyl (C=O) groups excluding carboxylic acids is 1. The third-order valence-electron chi connectivity index (χ3n) is 6.06. The van der Waals surface area contributed by atoms with Crippen LogP contribution in [0.15, 0.2) is 18.5 Å². The van der Waals surface area contributed by atoms with Crippen LogP contribution < -0.4 is 16.0 Å². The Kier molecular flexibility index (Phi) is 6.02. The first-order valence-electron chi connectivity index (χ1n) is 10.9. The molecule has 7 nitrogen and oxygen atoms in total. The van der Waals surface area contributed by atoms with E-state index in [1.165, 1.54) is 12.1 Å². The Morgan fingerprint density at radius 1 is 1.27 bits per heavy atom. The second-order valence-corrected chi connectivity index (χ2v) is 9.68. The molecule has 4 rings (SSSR count). The molecule has 2 aromatic heterocycles. The number of aromatic nitrogens is 3. The van der Waals surface area contributed by atoms with Crippen LogP contribution in [0.25, 0.3) is 11.1 Å². The summed E-state index contributed by atoms with van der Waals surface area (Å²) in [5, 5.41) is 14.6. The standard InChI is InChI=1S/C22H31ClN6O/c1-4-24-14-6-5-7-15(8-14)27-21(30)28-20-9-16(18(23)12-25-20)17-11-26-29-13-22(2,3)10-19(17)29/h9,11-12,14-15,24H,4-8,10,13H2,1-3H3,(H2,25,27,28,30). The number of pyridine rings is 1. The molecule has 1 aliphatic heterocycles. The number of carbonyl (C=O) groups is 1. The molecule has 3 N–H and O–H groups in total. The lowest BCUT2D eigenvalue weighted by Gasteiger charge is -2.30. The number of rotatable bonds is 5. The molecule has 1 saturated carbocycles.